The van der Waals surface area contributed by atoms with Crippen molar-refractivity contribution in [2.24, 2.45) is 0 Å². The van der Waals surface area contributed by atoms with Gasteiger partial charge >= 0.3 is 0 Å². The molecule has 0 spiro atoms. The lowest BCUT2D eigenvalue weighted by Gasteiger charge is -2.10. The molecule has 0 saturated carbocycles. The van der Waals surface area contributed by atoms with E-state index in [4.69, 9.17) is 39.5 Å². The molecule has 0 radical (unpaired) electrons. The quantitative estimate of drug-likeness (QED) is 0.748. The largest absolute Gasteiger partial charge is 0.497 e. The second kappa shape index (κ2) is 7.73. The molecule has 0 heterocycles. The Morgan fingerprint density at radius 3 is 2.22 bits per heavy atom. The maximum absolute atomic E-state index is 12.3. The van der Waals surface area contributed by atoms with Crippen molar-refractivity contribution >= 4 is 44.8 Å². The first kappa shape index (κ1) is 18.4. The summed E-state index contributed by atoms with van der Waals surface area (Å²) in [6.45, 7) is 0.227. The van der Waals surface area contributed by atoms with E-state index in [0.717, 1.165) is 11.3 Å². The zero-order valence-corrected chi connectivity index (χ0v) is 15.2. The summed E-state index contributed by atoms with van der Waals surface area (Å²) in [6.07, 6.45) is 0.530. The summed E-state index contributed by atoms with van der Waals surface area (Å²) >= 11 is 17.6. The van der Waals surface area contributed by atoms with E-state index in [9.17, 15) is 8.42 Å². The summed E-state index contributed by atoms with van der Waals surface area (Å²) in [7, 11) is -2.18. The molecule has 0 aromatic heterocycles. The molecule has 2 aromatic rings. The highest BCUT2D eigenvalue weighted by Gasteiger charge is 2.19. The Labute approximate surface area is 150 Å². The lowest BCUT2D eigenvalue weighted by Crippen LogP contribution is -2.26. The van der Waals surface area contributed by atoms with Crippen molar-refractivity contribution in [1.82, 2.24) is 4.72 Å². The van der Waals surface area contributed by atoms with Gasteiger partial charge in [-0.3, -0.25) is 0 Å². The lowest BCUT2D eigenvalue weighted by atomic mass is 10.1. The van der Waals surface area contributed by atoms with Crippen molar-refractivity contribution in [3.05, 3.63) is 57.0 Å². The molecule has 0 aliphatic carbocycles. The van der Waals surface area contributed by atoms with Crippen LogP contribution < -0.4 is 9.46 Å². The topological polar surface area (TPSA) is 55.4 Å². The highest BCUT2D eigenvalue weighted by Crippen LogP contribution is 2.31. The van der Waals surface area contributed by atoms with Crippen molar-refractivity contribution in [3.63, 3.8) is 0 Å². The average molecular weight is 395 g/mol. The Kier molecular flexibility index (Phi) is 6.17. The molecule has 4 nitrogen and oxygen atoms in total. The number of nitrogens with one attached hydrogen (secondary N) is 1. The van der Waals surface area contributed by atoms with Gasteiger partial charge in [-0.2, -0.15) is 0 Å². The number of hydrogen-bond donors (Lipinski definition) is 1. The van der Waals surface area contributed by atoms with Gasteiger partial charge in [-0.05, 0) is 36.2 Å². The smallest absolute Gasteiger partial charge is 0.242 e. The van der Waals surface area contributed by atoms with Crippen molar-refractivity contribution in [2.75, 3.05) is 13.7 Å². The second-order valence-corrected chi connectivity index (χ2v) is 7.65. The molecule has 124 valence electrons. The highest BCUT2D eigenvalue weighted by atomic mass is 35.5. The third kappa shape index (κ3) is 4.75. The monoisotopic (exact) mass is 393 g/mol. The molecular formula is C15H14Cl3NO3S. The Morgan fingerprint density at radius 2 is 1.61 bits per heavy atom. The molecule has 0 fully saturated rings. The van der Waals surface area contributed by atoms with Gasteiger partial charge < -0.3 is 4.74 Å². The zero-order valence-electron chi connectivity index (χ0n) is 12.1. The van der Waals surface area contributed by atoms with Crippen molar-refractivity contribution < 1.29 is 13.2 Å². The predicted molar refractivity (Wildman–Crippen MR) is 93.4 cm³/mol. The van der Waals surface area contributed by atoms with Crippen LogP contribution in [0.3, 0.4) is 0 Å². The molecule has 0 saturated heterocycles. The third-order valence-corrected chi connectivity index (χ3v) is 5.78. The van der Waals surface area contributed by atoms with Crippen molar-refractivity contribution in [1.29, 1.82) is 0 Å². The molecule has 0 atom stereocenters. The van der Waals surface area contributed by atoms with E-state index in [1.165, 1.54) is 12.1 Å². The van der Waals surface area contributed by atoms with Crippen LogP contribution in [0.4, 0.5) is 0 Å². The van der Waals surface area contributed by atoms with Crippen LogP contribution in [-0.2, 0) is 16.4 Å². The van der Waals surface area contributed by atoms with Crippen LogP contribution in [0.25, 0.3) is 0 Å². The number of hydrogen-bond acceptors (Lipinski definition) is 3. The molecule has 0 aliphatic rings. The van der Waals surface area contributed by atoms with Crippen LogP contribution in [0.2, 0.25) is 15.1 Å². The Balaban J connectivity index is 2.05. The van der Waals surface area contributed by atoms with Crippen LogP contribution in [0.15, 0.2) is 41.3 Å². The number of benzene rings is 2. The van der Waals surface area contributed by atoms with E-state index in [2.05, 4.69) is 4.72 Å². The lowest BCUT2D eigenvalue weighted by molar-refractivity contribution is 0.414. The molecule has 8 heteroatoms. The molecule has 0 bridgehead atoms. The van der Waals surface area contributed by atoms with Crippen LogP contribution in [-0.4, -0.2) is 22.1 Å². The van der Waals surface area contributed by atoms with Gasteiger partial charge in [0, 0.05) is 6.54 Å². The Morgan fingerprint density at radius 1 is 1.00 bits per heavy atom. The fourth-order valence-electron chi connectivity index (χ4n) is 1.91. The normalized spacial score (nSPS) is 11.5. The second-order valence-electron chi connectivity index (χ2n) is 4.69. The Hall–Kier alpha value is -0.980. The molecule has 0 unspecified atom stereocenters. The van der Waals surface area contributed by atoms with Gasteiger partial charge in [0.05, 0.1) is 22.2 Å². The maximum atomic E-state index is 12.3. The molecule has 1 N–H and O–H groups in total. The van der Waals surface area contributed by atoms with Gasteiger partial charge in [-0.1, -0.05) is 46.9 Å². The van der Waals surface area contributed by atoms with Gasteiger partial charge in [0.15, 0.2) is 0 Å². The van der Waals surface area contributed by atoms with Gasteiger partial charge in [0.1, 0.15) is 10.6 Å². The van der Waals surface area contributed by atoms with Crippen LogP contribution >= 0.6 is 34.8 Å². The number of sulfonamides is 1. The fourth-order valence-corrected chi connectivity index (χ4v) is 3.94. The third-order valence-electron chi connectivity index (χ3n) is 3.13. The van der Waals surface area contributed by atoms with Crippen LogP contribution in [0.1, 0.15) is 5.56 Å². The van der Waals surface area contributed by atoms with Crippen molar-refractivity contribution in [3.8, 4) is 5.75 Å². The van der Waals surface area contributed by atoms with E-state index >= 15 is 0 Å². The highest BCUT2D eigenvalue weighted by molar-refractivity contribution is 7.89. The number of ether oxygens (including phenoxy) is 1. The van der Waals surface area contributed by atoms with Gasteiger partial charge in [-0.25, -0.2) is 13.1 Å². The fraction of sp³-hybridized carbons (Fsp3) is 0.200. The molecule has 23 heavy (non-hydrogen) atoms. The minimum absolute atomic E-state index is 0.0244. The summed E-state index contributed by atoms with van der Waals surface area (Å²) < 4.78 is 32.1. The summed E-state index contributed by atoms with van der Waals surface area (Å²) in [4.78, 5) is -0.0942. The van der Waals surface area contributed by atoms with E-state index in [0.29, 0.717) is 6.42 Å². The molecule has 2 aromatic carbocycles. The predicted octanol–water partition coefficient (Wildman–Crippen LogP) is 4.18. The number of rotatable bonds is 6. The van der Waals surface area contributed by atoms with E-state index in [1.807, 2.05) is 24.3 Å². The minimum Gasteiger partial charge on any atom is -0.497 e. The minimum atomic E-state index is -3.76. The van der Waals surface area contributed by atoms with Gasteiger partial charge in [-0.15, -0.1) is 0 Å². The number of halogens is 3. The Bertz CT molecular complexity index is 792. The first-order chi connectivity index (χ1) is 10.8. The first-order valence-electron chi connectivity index (χ1n) is 6.60. The molecule has 2 rings (SSSR count). The zero-order chi connectivity index (χ0) is 17.0. The van der Waals surface area contributed by atoms with E-state index in [-0.39, 0.29) is 26.5 Å². The standard InChI is InChI=1S/C15H14Cl3NO3S/c1-22-11-4-2-10(3-5-11)6-7-19-23(20,21)15-9-13(17)12(16)8-14(15)18/h2-5,8-9,19H,6-7H2,1H3. The van der Waals surface area contributed by atoms with Crippen molar-refractivity contribution in [2.45, 2.75) is 11.3 Å². The van der Waals surface area contributed by atoms with Gasteiger partial charge in [0.25, 0.3) is 0 Å². The molecule has 0 aliphatic heterocycles. The number of methoxy groups -OCH3 is 1. The summed E-state index contributed by atoms with van der Waals surface area (Å²) in [5.74, 6) is 0.747. The first-order valence-corrected chi connectivity index (χ1v) is 9.22. The molecule has 0 amide bonds. The summed E-state index contributed by atoms with van der Waals surface area (Å²) in [5, 5.41) is 0.358. The van der Waals surface area contributed by atoms with E-state index < -0.39 is 10.0 Å². The van der Waals surface area contributed by atoms with E-state index in [1.54, 1.807) is 7.11 Å². The van der Waals surface area contributed by atoms with Crippen LogP contribution in [0, 0.1) is 0 Å². The van der Waals surface area contributed by atoms with Gasteiger partial charge in [0.2, 0.25) is 10.0 Å². The SMILES string of the molecule is COc1ccc(CCNS(=O)(=O)c2cc(Cl)c(Cl)cc2Cl)cc1. The molecular weight excluding hydrogens is 381 g/mol. The average Bonchev–Trinajstić information content (AvgIpc) is 2.51. The summed E-state index contributed by atoms with van der Waals surface area (Å²) in [5.41, 5.74) is 0.980. The van der Waals surface area contributed by atoms with Crippen LogP contribution in [0.5, 0.6) is 5.75 Å². The maximum Gasteiger partial charge on any atom is 0.242 e. The summed E-state index contributed by atoms with van der Waals surface area (Å²) in [6, 6.07) is 9.93.